The number of aliphatic imine (C=N–C) groups is 1. The Kier molecular flexibility index (Phi) is 5.05. The van der Waals surface area contributed by atoms with Crippen LogP contribution in [0.5, 0.6) is 0 Å². The van der Waals surface area contributed by atoms with Gasteiger partial charge in [0.1, 0.15) is 5.82 Å². The molecule has 0 saturated heterocycles. The minimum absolute atomic E-state index is 0.238. The number of guanidine groups is 1. The minimum atomic E-state index is -0.238. The number of aromatic nitrogens is 2. The molecule has 0 spiro atoms. The maximum absolute atomic E-state index is 13.2. The fraction of sp³-hybridized carbons (Fsp3) is 0.222. The van der Waals surface area contributed by atoms with Gasteiger partial charge in [-0.2, -0.15) is 0 Å². The molecule has 0 atom stereocenters. The first-order valence-corrected chi connectivity index (χ1v) is 7.91. The summed E-state index contributed by atoms with van der Waals surface area (Å²) < 4.78 is 13.2. The van der Waals surface area contributed by atoms with E-state index in [2.05, 4.69) is 20.3 Å². The molecule has 0 aliphatic heterocycles. The van der Waals surface area contributed by atoms with Crippen LogP contribution in [-0.4, -0.2) is 29.0 Å². The number of H-pyrrole nitrogens is 1. The van der Waals surface area contributed by atoms with Gasteiger partial charge in [-0.3, -0.25) is 9.98 Å². The highest BCUT2D eigenvalue weighted by molar-refractivity contribution is 5.83. The molecule has 0 amide bonds. The van der Waals surface area contributed by atoms with Crippen molar-refractivity contribution in [1.29, 1.82) is 0 Å². The van der Waals surface area contributed by atoms with Crippen LogP contribution < -0.4 is 11.1 Å². The molecular formula is C18H20FN5. The van der Waals surface area contributed by atoms with Crippen molar-refractivity contribution in [3.63, 3.8) is 0 Å². The molecule has 3 rings (SSSR count). The zero-order chi connectivity index (χ0) is 16.8. The average molecular weight is 325 g/mol. The monoisotopic (exact) mass is 325 g/mol. The van der Waals surface area contributed by atoms with Gasteiger partial charge in [0, 0.05) is 48.5 Å². The fourth-order valence-electron chi connectivity index (χ4n) is 2.58. The van der Waals surface area contributed by atoms with Crippen LogP contribution in [0.25, 0.3) is 10.9 Å². The van der Waals surface area contributed by atoms with Gasteiger partial charge in [0.2, 0.25) is 0 Å². The maximum Gasteiger partial charge on any atom is 0.188 e. The summed E-state index contributed by atoms with van der Waals surface area (Å²) in [6.07, 6.45) is 5.22. The Balaban J connectivity index is 1.47. The summed E-state index contributed by atoms with van der Waals surface area (Å²) in [4.78, 5) is 11.6. The van der Waals surface area contributed by atoms with Crippen LogP contribution in [0.3, 0.4) is 0 Å². The van der Waals surface area contributed by atoms with Gasteiger partial charge in [-0.05, 0) is 42.3 Å². The predicted octanol–water partition coefficient (Wildman–Crippen LogP) is 2.39. The highest BCUT2D eigenvalue weighted by atomic mass is 19.1. The summed E-state index contributed by atoms with van der Waals surface area (Å²) in [5.74, 6) is 0.190. The number of nitrogens with one attached hydrogen (secondary N) is 2. The number of fused-ring (bicyclic) bond motifs is 1. The summed E-state index contributed by atoms with van der Waals surface area (Å²) >= 11 is 0. The lowest BCUT2D eigenvalue weighted by Crippen LogP contribution is -2.33. The Morgan fingerprint density at radius 2 is 2.17 bits per heavy atom. The van der Waals surface area contributed by atoms with Gasteiger partial charge in [-0.15, -0.1) is 0 Å². The number of benzene rings is 1. The van der Waals surface area contributed by atoms with E-state index >= 15 is 0 Å². The lowest BCUT2D eigenvalue weighted by molar-refractivity contribution is 0.629. The zero-order valence-corrected chi connectivity index (χ0v) is 13.3. The van der Waals surface area contributed by atoms with Crippen molar-refractivity contribution in [1.82, 2.24) is 15.3 Å². The third-order valence-corrected chi connectivity index (χ3v) is 3.81. The largest absolute Gasteiger partial charge is 0.370 e. The van der Waals surface area contributed by atoms with Crippen molar-refractivity contribution in [3.8, 4) is 0 Å². The van der Waals surface area contributed by atoms with Crippen LogP contribution in [0.4, 0.5) is 4.39 Å². The highest BCUT2D eigenvalue weighted by Gasteiger charge is 2.04. The third kappa shape index (κ3) is 4.10. The number of hydrogen-bond acceptors (Lipinski definition) is 2. The standard InChI is InChI=1S/C18H20FN5/c19-14-4-5-16-13(12-24-17(16)11-14)6-9-22-18(20)23-10-7-15-3-1-2-8-21-15/h1-5,8,11-12,24H,6-7,9-10H2,(H3,20,22,23). The second kappa shape index (κ2) is 7.59. The van der Waals surface area contributed by atoms with E-state index in [9.17, 15) is 4.39 Å². The molecule has 5 nitrogen and oxygen atoms in total. The molecule has 2 heterocycles. The van der Waals surface area contributed by atoms with E-state index in [1.807, 2.05) is 24.4 Å². The number of nitrogens with two attached hydrogens (primary N) is 1. The molecule has 3 aromatic rings. The van der Waals surface area contributed by atoms with Crippen molar-refractivity contribution >= 4 is 16.9 Å². The molecule has 0 saturated carbocycles. The Morgan fingerprint density at radius 1 is 1.25 bits per heavy atom. The summed E-state index contributed by atoms with van der Waals surface area (Å²) in [6, 6.07) is 10.6. The van der Waals surface area contributed by atoms with Crippen LogP contribution in [0.1, 0.15) is 11.3 Å². The van der Waals surface area contributed by atoms with Gasteiger partial charge in [0.05, 0.1) is 0 Å². The molecule has 0 aliphatic carbocycles. The van der Waals surface area contributed by atoms with Gasteiger partial charge in [0.15, 0.2) is 5.96 Å². The zero-order valence-electron chi connectivity index (χ0n) is 13.3. The van der Waals surface area contributed by atoms with E-state index in [1.165, 1.54) is 12.1 Å². The Hall–Kier alpha value is -2.89. The van der Waals surface area contributed by atoms with Crippen molar-refractivity contribution in [3.05, 3.63) is 65.9 Å². The van der Waals surface area contributed by atoms with E-state index < -0.39 is 0 Å². The first-order chi connectivity index (χ1) is 11.7. The van der Waals surface area contributed by atoms with E-state index in [4.69, 9.17) is 5.73 Å². The van der Waals surface area contributed by atoms with Crippen molar-refractivity contribution in [2.45, 2.75) is 12.8 Å². The summed E-state index contributed by atoms with van der Waals surface area (Å²) in [5, 5.41) is 4.13. The van der Waals surface area contributed by atoms with Crippen molar-refractivity contribution < 1.29 is 4.39 Å². The average Bonchev–Trinajstić information content (AvgIpc) is 2.98. The number of rotatable bonds is 6. The van der Waals surface area contributed by atoms with Crippen LogP contribution in [0.2, 0.25) is 0 Å². The molecule has 2 aromatic heterocycles. The maximum atomic E-state index is 13.2. The summed E-state index contributed by atoms with van der Waals surface area (Å²) in [5.41, 5.74) is 8.80. The Morgan fingerprint density at radius 3 is 3.00 bits per heavy atom. The van der Waals surface area contributed by atoms with Gasteiger partial charge in [-0.25, -0.2) is 4.39 Å². The van der Waals surface area contributed by atoms with E-state index in [0.717, 1.165) is 35.0 Å². The van der Waals surface area contributed by atoms with E-state index in [0.29, 0.717) is 19.0 Å². The Labute approximate surface area is 139 Å². The van der Waals surface area contributed by atoms with Gasteiger partial charge >= 0.3 is 0 Å². The summed E-state index contributed by atoms with van der Waals surface area (Å²) in [6.45, 7) is 1.27. The van der Waals surface area contributed by atoms with Crippen molar-refractivity contribution in [2.75, 3.05) is 13.1 Å². The number of aromatic amines is 1. The molecule has 0 bridgehead atoms. The van der Waals surface area contributed by atoms with E-state index in [-0.39, 0.29) is 5.82 Å². The first-order valence-electron chi connectivity index (χ1n) is 7.91. The normalized spacial score (nSPS) is 11.8. The second-order valence-electron chi connectivity index (χ2n) is 5.52. The molecule has 0 fully saturated rings. The molecule has 24 heavy (non-hydrogen) atoms. The van der Waals surface area contributed by atoms with Crippen LogP contribution in [-0.2, 0) is 12.8 Å². The van der Waals surface area contributed by atoms with Gasteiger partial charge < -0.3 is 16.0 Å². The molecule has 0 unspecified atom stereocenters. The lowest BCUT2D eigenvalue weighted by Gasteiger charge is -2.05. The van der Waals surface area contributed by atoms with Crippen LogP contribution in [0, 0.1) is 5.82 Å². The minimum Gasteiger partial charge on any atom is -0.370 e. The smallest absolute Gasteiger partial charge is 0.188 e. The number of nitrogens with zero attached hydrogens (tertiary/aromatic N) is 2. The topological polar surface area (TPSA) is 79.1 Å². The van der Waals surface area contributed by atoms with Gasteiger partial charge in [0.25, 0.3) is 0 Å². The fourth-order valence-corrected chi connectivity index (χ4v) is 2.58. The molecular weight excluding hydrogens is 305 g/mol. The second-order valence-corrected chi connectivity index (χ2v) is 5.52. The van der Waals surface area contributed by atoms with Crippen molar-refractivity contribution in [2.24, 2.45) is 10.7 Å². The molecule has 124 valence electrons. The molecule has 4 N–H and O–H groups in total. The number of pyridine rings is 1. The third-order valence-electron chi connectivity index (χ3n) is 3.81. The SMILES string of the molecule is NC(=NCCc1ccccn1)NCCc1c[nH]c2cc(F)ccc12. The summed E-state index contributed by atoms with van der Waals surface area (Å²) in [7, 11) is 0. The quantitative estimate of drug-likeness (QED) is 0.481. The number of hydrogen-bond donors (Lipinski definition) is 3. The Bertz CT molecular complexity index is 826. The predicted molar refractivity (Wildman–Crippen MR) is 94.4 cm³/mol. The van der Waals surface area contributed by atoms with Gasteiger partial charge in [-0.1, -0.05) is 6.07 Å². The molecule has 0 aliphatic rings. The first kappa shape index (κ1) is 16.0. The van der Waals surface area contributed by atoms with E-state index in [1.54, 1.807) is 12.3 Å². The van der Waals surface area contributed by atoms with Crippen LogP contribution >= 0.6 is 0 Å². The molecule has 0 radical (unpaired) electrons. The highest BCUT2D eigenvalue weighted by Crippen LogP contribution is 2.19. The molecule has 1 aromatic carbocycles. The molecule has 6 heteroatoms. The number of halogens is 1. The lowest BCUT2D eigenvalue weighted by atomic mass is 10.1. The van der Waals surface area contributed by atoms with Crippen LogP contribution in [0.15, 0.2) is 53.8 Å².